The van der Waals surface area contributed by atoms with Crippen molar-refractivity contribution < 1.29 is 19.4 Å². The predicted octanol–water partition coefficient (Wildman–Crippen LogP) is 0.918. The maximum absolute atomic E-state index is 12.4. The summed E-state index contributed by atoms with van der Waals surface area (Å²) in [5.41, 5.74) is 0.803. The van der Waals surface area contributed by atoms with Gasteiger partial charge in [0.05, 0.1) is 6.61 Å². The van der Waals surface area contributed by atoms with E-state index in [-0.39, 0.29) is 18.7 Å². The third kappa shape index (κ3) is 2.24. The molecule has 22 heavy (non-hydrogen) atoms. The normalized spacial score (nSPS) is 37.5. The van der Waals surface area contributed by atoms with Gasteiger partial charge in [-0.1, -0.05) is 30.3 Å². The van der Waals surface area contributed by atoms with Gasteiger partial charge in [0.2, 0.25) is 0 Å². The Balaban J connectivity index is 1.42. The lowest BCUT2D eigenvalue weighted by Gasteiger charge is -2.38. The number of epoxide rings is 1. The van der Waals surface area contributed by atoms with Gasteiger partial charge in [-0.2, -0.15) is 0 Å². The Kier molecular flexibility index (Phi) is 3.44. The zero-order chi connectivity index (χ0) is 15.3. The number of aliphatic hydroxyl groups is 1. The van der Waals surface area contributed by atoms with Crippen molar-refractivity contribution in [2.75, 3.05) is 13.7 Å². The third-order valence-corrected chi connectivity index (χ3v) is 5.33. The molecule has 3 fully saturated rings. The molecule has 4 rings (SSSR count). The molecule has 3 heterocycles. The number of carbonyl (C=O) groups is 1. The maximum Gasteiger partial charge on any atom is 0.316 e. The number of benzene rings is 1. The number of esters is 1. The zero-order valence-corrected chi connectivity index (χ0v) is 12.6. The van der Waals surface area contributed by atoms with E-state index in [0.717, 1.165) is 18.4 Å². The Labute approximate surface area is 129 Å². The molecule has 2 bridgehead atoms. The lowest BCUT2D eigenvalue weighted by molar-refractivity contribution is -0.156. The highest BCUT2D eigenvalue weighted by Crippen LogP contribution is 2.48. The second kappa shape index (κ2) is 5.33. The molecule has 3 saturated heterocycles. The van der Waals surface area contributed by atoms with Crippen molar-refractivity contribution in [3.63, 3.8) is 0 Å². The number of aliphatic hydroxyl groups excluding tert-OH is 1. The van der Waals surface area contributed by atoms with Gasteiger partial charge in [-0.3, -0.25) is 9.69 Å². The maximum atomic E-state index is 12.4. The predicted molar refractivity (Wildman–Crippen MR) is 79.4 cm³/mol. The van der Waals surface area contributed by atoms with E-state index in [2.05, 4.69) is 11.9 Å². The summed E-state index contributed by atoms with van der Waals surface area (Å²) in [6, 6.07) is 10.1. The Hall–Kier alpha value is -1.43. The summed E-state index contributed by atoms with van der Waals surface area (Å²) in [7, 11) is 2.13. The molecule has 118 valence electrons. The van der Waals surface area contributed by atoms with Gasteiger partial charge in [-0.05, 0) is 12.6 Å². The molecule has 0 saturated carbocycles. The van der Waals surface area contributed by atoms with Crippen molar-refractivity contribution in [2.45, 2.75) is 49.2 Å². The van der Waals surface area contributed by atoms with Gasteiger partial charge >= 0.3 is 5.97 Å². The fourth-order valence-corrected chi connectivity index (χ4v) is 4.04. The highest BCUT2D eigenvalue weighted by atomic mass is 16.6. The summed E-state index contributed by atoms with van der Waals surface area (Å²) in [5.74, 6) is -0.915. The van der Waals surface area contributed by atoms with Crippen molar-refractivity contribution in [1.29, 1.82) is 0 Å². The highest BCUT2D eigenvalue weighted by molar-refractivity contribution is 5.78. The van der Waals surface area contributed by atoms with Crippen LogP contribution in [0.25, 0.3) is 0 Å². The fourth-order valence-electron chi connectivity index (χ4n) is 4.04. The van der Waals surface area contributed by atoms with E-state index in [1.54, 1.807) is 0 Å². The minimum absolute atomic E-state index is 0.0622. The third-order valence-electron chi connectivity index (χ3n) is 5.33. The Morgan fingerprint density at radius 3 is 2.55 bits per heavy atom. The smallest absolute Gasteiger partial charge is 0.316 e. The molecule has 3 aliphatic heterocycles. The van der Waals surface area contributed by atoms with Crippen LogP contribution in [-0.4, -0.2) is 60.0 Å². The second-order valence-corrected chi connectivity index (χ2v) is 6.54. The summed E-state index contributed by atoms with van der Waals surface area (Å²) >= 11 is 0. The molecule has 5 nitrogen and oxygen atoms in total. The first kappa shape index (κ1) is 14.2. The number of nitrogens with zero attached hydrogens (tertiary/aromatic N) is 1. The number of morpholine rings is 1. The molecule has 0 amide bonds. The topological polar surface area (TPSA) is 62.3 Å². The van der Waals surface area contributed by atoms with E-state index in [0.29, 0.717) is 24.3 Å². The first-order chi connectivity index (χ1) is 10.7. The number of likely N-dealkylation sites (N-methyl/N-ethyl adjacent to an activating group) is 1. The molecule has 1 aromatic carbocycles. The van der Waals surface area contributed by atoms with Crippen LogP contribution >= 0.6 is 0 Å². The molecule has 6 atom stereocenters. The number of ether oxygens (including phenoxy) is 2. The molecular weight excluding hydrogens is 282 g/mol. The van der Waals surface area contributed by atoms with E-state index in [1.807, 2.05) is 30.3 Å². The van der Waals surface area contributed by atoms with E-state index < -0.39 is 5.92 Å². The van der Waals surface area contributed by atoms with E-state index >= 15 is 0 Å². The van der Waals surface area contributed by atoms with Gasteiger partial charge in [0.15, 0.2) is 0 Å². The summed E-state index contributed by atoms with van der Waals surface area (Å²) in [6.07, 6.45) is 2.26. The van der Waals surface area contributed by atoms with Gasteiger partial charge in [0.25, 0.3) is 0 Å². The van der Waals surface area contributed by atoms with Crippen LogP contribution in [0, 0.1) is 0 Å². The molecule has 3 aliphatic rings. The largest absolute Gasteiger partial charge is 0.462 e. The molecule has 5 heteroatoms. The molecule has 0 aliphatic carbocycles. The molecule has 0 aromatic heterocycles. The van der Waals surface area contributed by atoms with Crippen LogP contribution in [0.1, 0.15) is 24.3 Å². The standard InChI is InChI=1S/C17H21NO4/c1-18-13-7-11(8-14(18)16-15(13)22-16)21-17(20)12(9-19)10-5-3-2-4-6-10/h2-6,11-16,19H,7-9H2,1H3/t11?,12-,13-,14+,15+,16?/m0/s1. The van der Waals surface area contributed by atoms with Gasteiger partial charge in [-0.15, -0.1) is 0 Å². The summed E-state index contributed by atoms with van der Waals surface area (Å²) in [4.78, 5) is 14.8. The Morgan fingerprint density at radius 2 is 1.95 bits per heavy atom. The summed E-state index contributed by atoms with van der Waals surface area (Å²) in [6.45, 7) is -0.226. The van der Waals surface area contributed by atoms with Crippen LogP contribution in [0.15, 0.2) is 30.3 Å². The first-order valence-electron chi connectivity index (χ1n) is 7.92. The van der Waals surface area contributed by atoms with E-state index in [4.69, 9.17) is 9.47 Å². The number of fused-ring (bicyclic) bond motifs is 5. The van der Waals surface area contributed by atoms with Crippen LogP contribution in [0.4, 0.5) is 0 Å². The van der Waals surface area contributed by atoms with Crippen LogP contribution in [0.3, 0.4) is 0 Å². The number of rotatable bonds is 4. The van der Waals surface area contributed by atoms with Gasteiger partial charge in [-0.25, -0.2) is 0 Å². The zero-order valence-electron chi connectivity index (χ0n) is 12.6. The Bertz CT molecular complexity index is 545. The van der Waals surface area contributed by atoms with Crippen LogP contribution < -0.4 is 0 Å². The first-order valence-corrected chi connectivity index (χ1v) is 7.92. The molecule has 0 spiro atoms. The lowest BCUT2D eigenvalue weighted by atomic mass is 9.97. The van der Waals surface area contributed by atoms with Gasteiger partial charge < -0.3 is 14.6 Å². The second-order valence-electron chi connectivity index (χ2n) is 6.54. The van der Waals surface area contributed by atoms with Crippen molar-refractivity contribution in [3.8, 4) is 0 Å². The molecular formula is C17H21NO4. The quantitative estimate of drug-likeness (QED) is 0.662. The SMILES string of the molecule is CN1[C@@H]2CC(OC(=O)[C@@H](CO)c3ccccc3)C[C@H]1[C@H]1OC21. The minimum Gasteiger partial charge on any atom is -0.462 e. The lowest BCUT2D eigenvalue weighted by Crippen LogP contribution is -2.48. The van der Waals surface area contributed by atoms with Crippen molar-refractivity contribution in [2.24, 2.45) is 0 Å². The van der Waals surface area contributed by atoms with Gasteiger partial charge in [0.1, 0.15) is 24.2 Å². The average molecular weight is 303 g/mol. The monoisotopic (exact) mass is 303 g/mol. The fraction of sp³-hybridized carbons (Fsp3) is 0.588. The molecule has 1 N–H and O–H groups in total. The Morgan fingerprint density at radius 1 is 1.32 bits per heavy atom. The van der Waals surface area contributed by atoms with Crippen LogP contribution in [0.2, 0.25) is 0 Å². The van der Waals surface area contributed by atoms with E-state index in [1.165, 1.54) is 0 Å². The molecule has 1 aromatic rings. The molecule has 0 radical (unpaired) electrons. The van der Waals surface area contributed by atoms with Crippen molar-refractivity contribution in [3.05, 3.63) is 35.9 Å². The van der Waals surface area contributed by atoms with Crippen LogP contribution in [-0.2, 0) is 14.3 Å². The summed E-state index contributed by atoms with van der Waals surface area (Å²) < 4.78 is 11.4. The van der Waals surface area contributed by atoms with Crippen molar-refractivity contribution >= 4 is 5.97 Å². The van der Waals surface area contributed by atoms with Gasteiger partial charge in [0, 0.05) is 24.9 Å². The highest BCUT2D eigenvalue weighted by Gasteiger charge is 2.62. The summed E-state index contributed by atoms with van der Waals surface area (Å²) in [5, 5.41) is 9.56. The number of piperidine rings is 1. The van der Waals surface area contributed by atoms with E-state index in [9.17, 15) is 9.90 Å². The van der Waals surface area contributed by atoms with Crippen molar-refractivity contribution in [1.82, 2.24) is 4.90 Å². The average Bonchev–Trinajstić information content (AvgIpc) is 3.27. The molecule has 2 unspecified atom stereocenters. The number of hydrogen-bond acceptors (Lipinski definition) is 5. The minimum atomic E-state index is -0.593. The van der Waals surface area contributed by atoms with Crippen LogP contribution in [0.5, 0.6) is 0 Å². The number of hydrogen-bond donors (Lipinski definition) is 1. The number of carbonyl (C=O) groups excluding carboxylic acids is 1.